The summed E-state index contributed by atoms with van der Waals surface area (Å²) in [6.07, 6.45) is 6.79. The number of carbonyl (C=O) groups excluding carboxylic acids is 1. The number of benzene rings is 1. The zero-order valence-electron chi connectivity index (χ0n) is 20.0. The summed E-state index contributed by atoms with van der Waals surface area (Å²) in [6.45, 7) is 4.35. The van der Waals surface area contributed by atoms with Gasteiger partial charge in [-0.1, -0.05) is 11.2 Å². The number of rotatable bonds is 5. The fourth-order valence-corrected chi connectivity index (χ4v) is 6.54. The van der Waals surface area contributed by atoms with E-state index in [1.54, 1.807) is 13.8 Å². The van der Waals surface area contributed by atoms with Crippen LogP contribution in [0.15, 0.2) is 10.6 Å². The smallest absolute Gasteiger partial charge is 0.423 e. The third-order valence-electron chi connectivity index (χ3n) is 7.01. The van der Waals surface area contributed by atoms with Crippen LogP contribution in [0, 0.1) is 13.8 Å². The maximum Gasteiger partial charge on any atom is 1.00 e. The number of aryl methyl sites for hydroxylation is 3. The molecule has 0 bridgehead atoms. The van der Waals surface area contributed by atoms with Crippen molar-refractivity contribution in [2.45, 2.75) is 71.3 Å². The molecule has 9 nitrogen and oxygen atoms in total. The number of nitrogens with zero attached hydrogens (tertiary/aromatic N) is 3. The second-order valence-corrected chi connectivity index (χ2v) is 10.5. The number of carbonyl (C=O) groups is 1. The molecule has 178 valence electrons. The zero-order valence-corrected chi connectivity index (χ0v) is 22.8. The number of fused-ring (bicyclic) bond motifs is 2. The molecule has 1 N–H and O–H groups in total. The molecule has 0 radical (unpaired) electrons. The molecule has 2 aliphatic carbocycles. The molecule has 1 saturated heterocycles. The van der Waals surface area contributed by atoms with Crippen molar-refractivity contribution in [1.82, 2.24) is 5.16 Å². The molecule has 3 aliphatic rings. The van der Waals surface area contributed by atoms with Crippen LogP contribution in [0.3, 0.4) is 0 Å². The third kappa shape index (κ3) is 4.75. The van der Waals surface area contributed by atoms with Gasteiger partial charge in [0.15, 0.2) is 6.03 Å². The third-order valence-corrected chi connectivity index (χ3v) is 8.36. The molecular weight excluding hydrogens is 467 g/mol. The number of amides is 2. The van der Waals surface area contributed by atoms with E-state index in [1.807, 2.05) is 0 Å². The van der Waals surface area contributed by atoms with E-state index in [0.717, 1.165) is 59.6 Å². The van der Waals surface area contributed by atoms with E-state index in [-0.39, 0.29) is 35.4 Å². The Hall–Kier alpha value is -1.59. The molecule has 0 atom stereocenters. The topological polar surface area (TPSA) is 116 Å². The van der Waals surface area contributed by atoms with E-state index in [9.17, 15) is 13.2 Å². The van der Waals surface area contributed by atoms with Crippen molar-refractivity contribution in [3.8, 4) is 0 Å². The number of hydrogen-bond acceptors (Lipinski definition) is 6. The summed E-state index contributed by atoms with van der Waals surface area (Å²) in [5, 5.41) is 6.76. The number of ether oxygens (including phenoxy) is 1. The van der Waals surface area contributed by atoms with E-state index in [1.165, 1.54) is 11.1 Å². The minimum absolute atomic E-state index is 0. The molecule has 11 heteroatoms. The van der Waals surface area contributed by atoms with E-state index in [2.05, 4.69) is 21.3 Å². The minimum atomic E-state index is -4.37. The number of anilines is 2. The first-order valence-corrected chi connectivity index (χ1v) is 13.0. The minimum Gasteiger partial charge on any atom is -0.423 e. The van der Waals surface area contributed by atoms with E-state index >= 15 is 0 Å². The molecule has 0 spiro atoms. The Kier molecular flexibility index (Phi) is 7.64. The number of urea groups is 1. The summed E-state index contributed by atoms with van der Waals surface area (Å²) >= 11 is 0. The summed E-state index contributed by atoms with van der Waals surface area (Å²) < 4.78 is 42.4. The van der Waals surface area contributed by atoms with Crippen molar-refractivity contribution < 1.29 is 52.0 Å². The second-order valence-electron chi connectivity index (χ2n) is 9.07. The largest absolute Gasteiger partial charge is 1.00 e. The number of hydrogen-bond donors (Lipinski definition) is 1. The van der Waals surface area contributed by atoms with Gasteiger partial charge in [0.2, 0.25) is 5.88 Å². The summed E-state index contributed by atoms with van der Waals surface area (Å²) in [4.78, 5) is 13.0. The van der Waals surface area contributed by atoms with Crippen molar-refractivity contribution in [3.05, 3.63) is 44.3 Å². The SMILES string of the molecule is Cc1noc(N(C2CCOCC2)S(=O)(=O)[N-]C(=O)Nc2c3c(cc4c2CCC4)CCC3)c1C.[Na+]. The molecule has 2 aromatic rings. The molecule has 2 heterocycles. The van der Waals surface area contributed by atoms with Gasteiger partial charge in [-0.15, -0.1) is 0 Å². The van der Waals surface area contributed by atoms with Crippen molar-refractivity contribution in [3.63, 3.8) is 0 Å². The maximum absolute atomic E-state index is 13.4. The Labute approximate surface area is 222 Å². The zero-order chi connectivity index (χ0) is 23.2. The van der Waals surface area contributed by atoms with Gasteiger partial charge < -0.3 is 19.3 Å². The first-order chi connectivity index (χ1) is 15.8. The van der Waals surface area contributed by atoms with Crippen LogP contribution in [0.1, 0.15) is 59.2 Å². The standard InChI is InChI=1S/C23H30N4O5S.Na/c1-14-15(2)25-32-22(14)27(18-9-11-31-12-10-18)33(29,30)26-23(28)24-21-19-7-3-5-16(19)13-17-6-4-8-20(17)21;/h13,18H,3-12H2,1-2H3,(H2,24,26,28);/q;+1/p-1. The van der Waals surface area contributed by atoms with Crippen LogP contribution in [0.5, 0.6) is 0 Å². The van der Waals surface area contributed by atoms with Gasteiger partial charge in [-0.3, -0.25) is 4.79 Å². The van der Waals surface area contributed by atoms with Crippen LogP contribution in [-0.4, -0.2) is 38.9 Å². The van der Waals surface area contributed by atoms with Gasteiger partial charge >= 0.3 is 29.6 Å². The summed E-state index contributed by atoms with van der Waals surface area (Å²) in [6, 6.07) is 0.961. The molecule has 5 rings (SSSR count). The van der Waals surface area contributed by atoms with Crippen LogP contribution in [-0.2, 0) is 40.6 Å². The fraction of sp³-hybridized carbons (Fsp3) is 0.565. The molecular formula is C23H29N4NaO5S. The van der Waals surface area contributed by atoms with E-state index in [0.29, 0.717) is 37.3 Å². The summed E-state index contributed by atoms with van der Waals surface area (Å²) in [5.74, 6) is 0.109. The molecule has 34 heavy (non-hydrogen) atoms. The van der Waals surface area contributed by atoms with Crippen molar-refractivity contribution in [2.75, 3.05) is 22.8 Å². The van der Waals surface area contributed by atoms with Gasteiger partial charge in [-0.2, -0.15) is 0 Å². The first-order valence-electron chi connectivity index (χ1n) is 11.6. The number of nitrogens with one attached hydrogen (secondary N) is 1. The van der Waals surface area contributed by atoms with Gasteiger partial charge in [0.1, 0.15) is 0 Å². The van der Waals surface area contributed by atoms with E-state index < -0.39 is 22.3 Å². The average Bonchev–Trinajstić information content (AvgIpc) is 3.51. The van der Waals surface area contributed by atoms with Crippen LogP contribution in [0.2, 0.25) is 0 Å². The van der Waals surface area contributed by atoms with Crippen molar-refractivity contribution >= 4 is 27.8 Å². The fourth-order valence-electron chi connectivity index (χ4n) is 5.23. The Bertz CT molecular complexity index is 1160. The van der Waals surface area contributed by atoms with Gasteiger partial charge in [-0.05, 0) is 93.2 Å². The summed E-state index contributed by atoms with van der Waals surface area (Å²) in [5.41, 5.74) is 6.73. The molecule has 1 fully saturated rings. The molecule has 2 amide bonds. The van der Waals surface area contributed by atoms with Gasteiger partial charge in [0.05, 0.1) is 11.7 Å². The predicted octanol–water partition coefficient (Wildman–Crippen LogP) is 1.11. The van der Waals surface area contributed by atoms with E-state index in [4.69, 9.17) is 9.26 Å². The van der Waals surface area contributed by atoms with Gasteiger partial charge in [0.25, 0.3) is 10.2 Å². The quantitative estimate of drug-likeness (QED) is 0.620. The monoisotopic (exact) mass is 496 g/mol. The van der Waals surface area contributed by atoms with Gasteiger partial charge in [0, 0.05) is 18.8 Å². The molecule has 0 saturated carbocycles. The summed E-state index contributed by atoms with van der Waals surface area (Å²) in [7, 11) is -4.37. The van der Waals surface area contributed by atoms with Crippen LogP contribution < -0.4 is 39.2 Å². The molecule has 1 aromatic carbocycles. The Balaban J connectivity index is 0.00000274. The Morgan fingerprint density at radius 1 is 1.09 bits per heavy atom. The average molecular weight is 497 g/mol. The Morgan fingerprint density at radius 2 is 1.71 bits per heavy atom. The van der Waals surface area contributed by atoms with Crippen molar-refractivity contribution in [1.29, 1.82) is 0 Å². The van der Waals surface area contributed by atoms with Crippen LogP contribution in [0.4, 0.5) is 16.4 Å². The molecule has 0 unspecified atom stereocenters. The molecule has 1 aromatic heterocycles. The predicted molar refractivity (Wildman–Crippen MR) is 124 cm³/mol. The van der Waals surface area contributed by atoms with Crippen molar-refractivity contribution in [2.24, 2.45) is 0 Å². The maximum atomic E-state index is 13.4. The number of aromatic nitrogens is 1. The Morgan fingerprint density at radius 3 is 2.26 bits per heavy atom. The first kappa shape index (κ1) is 25.5. The second kappa shape index (κ2) is 10.2. The van der Waals surface area contributed by atoms with Gasteiger partial charge in [-0.25, -0.2) is 12.7 Å². The van der Waals surface area contributed by atoms with Crippen LogP contribution >= 0.6 is 0 Å². The van der Waals surface area contributed by atoms with Crippen LogP contribution in [0.25, 0.3) is 4.72 Å². The normalized spacial score (nSPS) is 17.6. The molecule has 1 aliphatic heterocycles.